The van der Waals surface area contributed by atoms with Crippen molar-refractivity contribution in [2.24, 2.45) is 0 Å². The molecule has 0 aromatic carbocycles. The molecule has 0 aliphatic heterocycles. The normalized spacial score (nSPS) is 10.6. The molecule has 0 saturated heterocycles. The van der Waals surface area contributed by atoms with Crippen LogP contribution in [0.15, 0.2) is 6.07 Å². The molecule has 0 radical (unpaired) electrons. The van der Waals surface area contributed by atoms with Gasteiger partial charge in [-0.1, -0.05) is 0 Å². The van der Waals surface area contributed by atoms with Crippen LogP contribution in [0.2, 0.25) is 0 Å². The van der Waals surface area contributed by atoms with Crippen LogP contribution in [0.4, 0.5) is 14.6 Å². The van der Waals surface area contributed by atoms with E-state index in [9.17, 15) is 13.6 Å². The standard InChI is InChI=1S/C8H7ClF2N2O/c9-2-4-1-5(3-14)8(12)13-6(4)7(10)11/h1,3,7H,2H2,(H2,12,13). The second-order valence-corrected chi connectivity index (χ2v) is 2.83. The summed E-state index contributed by atoms with van der Waals surface area (Å²) in [6, 6.07) is 1.23. The first-order chi connectivity index (χ1) is 6.60. The summed E-state index contributed by atoms with van der Waals surface area (Å²) in [5, 5.41) is 0. The zero-order chi connectivity index (χ0) is 10.7. The largest absolute Gasteiger partial charge is 0.383 e. The molecule has 1 aromatic rings. The van der Waals surface area contributed by atoms with Crippen LogP contribution < -0.4 is 5.73 Å². The highest BCUT2D eigenvalue weighted by Gasteiger charge is 2.16. The van der Waals surface area contributed by atoms with Gasteiger partial charge >= 0.3 is 0 Å². The number of aromatic nitrogens is 1. The molecular weight excluding hydrogens is 214 g/mol. The fourth-order valence-corrected chi connectivity index (χ4v) is 1.21. The monoisotopic (exact) mass is 220 g/mol. The van der Waals surface area contributed by atoms with Crippen LogP contribution in [0.25, 0.3) is 0 Å². The summed E-state index contributed by atoms with van der Waals surface area (Å²) in [5.41, 5.74) is 5.00. The Balaban J connectivity index is 3.31. The Morgan fingerprint density at radius 1 is 1.64 bits per heavy atom. The van der Waals surface area contributed by atoms with E-state index in [0.717, 1.165) is 0 Å². The van der Waals surface area contributed by atoms with Crippen LogP contribution in [-0.4, -0.2) is 11.3 Å². The predicted octanol–water partition coefficient (Wildman–Crippen LogP) is 2.15. The average molecular weight is 221 g/mol. The molecule has 0 fully saturated rings. The molecule has 0 atom stereocenters. The highest BCUT2D eigenvalue weighted by atomic mass is 35.5. The molecule has 0 unspecified atom stereocenters. The summed E-state index contributed by atoms with van der Waals surface area (Å²) >= 11 is 5.43. The number of halogens is 3. The quantitative estimate of drug-likeness (QED) is 0.627. The maximum Gasteiger partial charge on any atom is 0.280 e. The second kappa shape index (κ2) is 4.32. The van der Waals surface area contributed by atoms with E-state index in [1.165, 1.54) is 6.07 Å². The fourth-order valence-electron chi connectivity index (χ4n) is 0.992. The van der Waals surface area contributed by atoms with Crippen molar-refractivity contribution in [3.8, 4) is 0 Å². The molecule has 0 aliphatic rings. The van der Waals surface area contributed by atoms with Gasteiger partial charge in [0.05, 0.1) is 5.56 Å². The minimum absolute atomic E-state index is 0.0741. The van der Waals surface area contributed by atoms with Gasteiger partial charge in [-0.3, -0.25) is 4.79 Å². The Bertz CT molecular complexity index is 357. The second-order valence-electron chi connectivity index (χ2n) is 2.56. The van der Waals surface area contributed by atoms with Gasteiger partial charge in [0, 0.05) is 5.88 Å². The van der Waals surface area contributed by atoms with Crippen molar-refractivity contribution in [1.82, 2.24) is 4.98 Å². The van der Waals surface area contributed by atoms with Crippen molar-refractivity contribution in [1.29, 1.82) is 0 Å². The number of pyridine rings is 1. The van der Waals surface area contributed by atoms with E-state index >= 15 is 0 Å². The minimum atomic E-state index is -2.74. The van der Waals surface area contributed by atoms with Gasteiger partial charge in [-0.05, 0) is 11.6 Å². The Labute approximate surface area is 83.9 Å². The highest BCUT2D eigenvalue weighted by molar-refractivity contribution is 6.17. The van der Waals surface area contributed by atoms with Gasteiger partial charge in [-0.2, -0.15) is 0 Å². The van der Waals surface area contributed by atoms with Crippen molar-refractivity contribution in [2.75, 3.05) is 5.73 Å². The molecule has 1 rings (SSSR count). The molecule has 1 heterocycles. The number of nitrogens with two attached hydrogens (primary N) is 1. The fraction of sp³-hybridized carbons (Fsp3) is 0.250. The lowest BCUT2D eigenvalue weighted by Gasteiger charge is -2.07. The molecule has 14 heavy (non-hydrogen) atoms. The molecule has 0 bridgehead atoms. The Hall–Kier alpha value is -1.23. The summed E-state index contributed by atoms with van der Waals surface area (Å²) in [5.74, 6) is -0.336. The molecule has 1 aromatic heterocycles. The molecule has 6 heteroatoms. The molecule has 0 aliphatic carbocycles. The van der Waals surface area contributed by atoms with Crippen molar-refractivity contribution in [2.45, 2.75) is 12.3 Å². The molecule has 0 spiro atoms. The summed E-state index contributed by atoms with van der Waals surface area (Å²) in [6.45, 7) is 0. The van der Waals surface area contributed by atoms with E-state index in [2.05, 4.69) is 4.98 Å². The van der Waals surface area contributed by atoms with Gasteiger partial charge in [0.15, 0.2) is 6.29 Å². The maximum atomic E-state index is 12.4. The summed E-state index contributed by atoms with van der Waals surface area (Å²) < 4.78 is 24.7. The van der Waals surface area contributed by atoms with Gasteiger partial charge in [0.1, 0.15) is 11.5 Å². The van der Waals surface area contributed by atoms with E-state index in [-0.39, 0.29) is 22.8 Å². The third-order valence-corrected chi connectivity index (χ3v) is 1.96. The minimum Gasteiger partial charge on any atom is -0.383 e. The first-order valence-electron chi connectivity index (χ1n) is 3.68. The Morgan fingerprint density at radius 3 is 2.71 bits per heavy atom. The van der Waals surface area contributed by atoms with E-state index < -0.39 is 12.1 Å². The van der Waals surface area contributed by atoms with Crippen LogP contribution in [0.3, 0.4) is 0 Å². The zero-order valence-corrected chi connectivity index (χ0v) is 7.76. The lowest BCUT2D eigenvalue weighted by Crippen LogP contribution is -2.04. The third kappa shape index (κ3) is 1.98. The lowest BCUT2D eigenvalue weighted by molar-refractivity contribution is 0.112. The van der Waals surface area contributed by atoms with Gasteiger partial charge < -0.3 is 5.73 Å². The van der Waals surface area contributed by atoms with Crippen LogP contribution in [0.5, 0.6) is 0 Å². The number of rotatable bonds is 3. The zero-order valence-electron chi connectivity index (χ0n) is 7.01. The molecule has 0 amide bonds. The Kier molecular flexibility index (Phi) is 3.35. The number of nitrogen functional groups attached to an aromatic ring is 1. The maximum absolute atomic E-state index is 12.4. The van der Waals surface area contributed by atoms with Gasteiger partial charge in [0.2, 0.25) is 0 Å². The van der Waals surface area contributed by atoms with Gasteiger partial charge in [-0.25, -0.2) is 13.8 Å². The lowest BCUT2D eigenvalue weighted by atomic mass is 10.1. The highest BCUT2D eigenvalue weighted by Crippen LogP contribution is 2.24. The van der Waals surface area contributed by atoms with Crippen LogP contribution in [-0.2, 0) is 5.88 Å². The van der Waals surface area contributed by atoms with E-state index in [4.69, 9.17) is 17.3 Å². The van der Waals surface area contributed by atoms with E-state index in [0.29, 0.717) is 6.29 Å². The number of nitrogens with zero attached hydrogens (tertiary/aromatic N) is 1. The van der Waals surface area contributed by atoms with Crippen molar-refractivity contribution in [3.63, 3.8) is 0 Å². The number of hydrogen-bond donors (Lipinski definition) is 1. The van der Waals surface area contributed by atoms with Gasteiger partial charge in [0.25, 0.3) is 6.43 Å². The van der Waals surface area contributed by atoms with Crippen molar-refractivity contribution >= 4 is 23.7 Å². The Morgan fingerprint density at radius 2 is 2.29 bits per heavy atom. The number of carbonyl (C=O) groups excluding carboxylic acids is 1. The van der Waals surface area contributed by atoms with Crippen molar-refractivity contribution in [3.05, 3.63) is 22.9 Å². The molecular formula is C8H7ClF2N2O. The van der Waals surface area contributed by atoms with Gasteiger partial charge in [-0.15, -0.1) is 11.6 Å². The topological polar surface area (TPSA) is 56.0 Å². The smallest absolute Gasteiger partial charge is 0.280 e. The first-order valence-corrected chi connectivity index (χ1v) is 4.22. The first kappa shape index (κ1) is 10.8. The SMILES string of the molecule is Nc1nc(C(F)F)c(CCl)cc1C=O. The number of alkyl halides is 3. The molecule has 3 nitrogen and oxygen atoms in total. The molecule has 76 valence electrons. The van der Waals surface area contributed by atoms with E-state index in [1.54, 1.807) is 0 Å². The number of hydrogen-bond acceptors (Lipinski definition) is 3. The number of anilines is 1. The predicted molar refractivity (Wildman–Crippen MR) is 48.6 cm³/mol. The van der Waals surface area contributed by atoms with Crippen molar-refractivity contribution < 1.29 is 13.6 Å². The molecule has 0 saturated carbocycles. The summed E-state index contributed by atoms with van der Waals surface area (Å²) in [4.78, 5) is 13.9. The third-order valence-electron chi connectivity index (χ3n) is 1.67. The number of carbonyl (C=O) groups is 1. The summed E-state index contributed by atoms with van der Waals surface area (Å²) in [6.07, 6.45) is -2.29. The summed E-state index contributed by atoms with van der Waals surface area (Å²) in [7, 11) is 0. The van der Waals surface area contributed by atoms with Crippen LogP contribution in [0, 0.1) is 0 Å². The van der Waals surface area contributed by atoms with E-state index in [1.807, 2.05) is 0 Å². The van der Waals surface area contributed by atoms with Crippen LogP contribution in [0.1, 0.15) is 28.0 Å². The number of aldehydes is 1. The molecule has 2 N–H and O–H groups in total. The average Bonchev–Trinajstić information content (AvgIpc) is 2.17. The van der Waals surface area contributed by atoms with Crippen LogP contribution >= 0.6 is 11.6 Å².